The van der Waals surface area contributed by atoms with Crippen LogP contribution in [-0.2, 0) is 19.1 Å². The fourth-order valence-corrected chi connectivity index (χ4v) is 3.45. The van der Waals surface area contributed by atoms with E-state index < -0.39 is 0 Å². The smallest absolute Gasteiger partial charge is 0.162 e. The molecule has 0 saturated carbocycles. The van der Waals surface area contributed by atoms with Crippen molar-refractivity contribution in [1.29, 1.82) is 0 Å². The maximum absolute atomic E-state index is 5.96. The van der Waals surface area contributed by atoms with E-state index >= 15 is 0 Å². The van der Waals surface area contributed by atoms with Crippen LogP contribution in [0.4, 0.5) is 0 Å². The molecule has 2 aromatic carbocycles. The van der Waals surface area contributed by atoms with Crippen molar-refractivity contribution in [3.63, 3.8) is 0 Å². The molecule has 0 aliphatic rings. The summed E-state index contributed by atoms with van der Waals surface area (Å²) in [7, 11) is 3.55. The maximum Gasteiger partial charge on any atom is 0.162 e. The number of benzene rings is 2. The zero-order valence-corrected chi connectivity index (χ0v) is 18.2. The molecule has 2 heterocycles. The van der Waals surface area contributed by atoms with E-state index in [1.165, 1.54) is 11.1 Å². The second-order valence-electron chi connectivity index (χ2n) is 7.94. The zero-order valence-electron chi connectivity index (χ0n) is 18.2. The fourth-order valence-electron chi connectivity index (χ4n) is 3.45. The molecule has 0 amide bonds. The largest absolute Gasteiger partial charge is 0.497 e. The first-order chi connectivity index (χ1) is 15.0. The second-order valence-corrected chi connectivity index (χ2v) is 7.94. The zero-order chi connectivity index (χ0) is 21.8. The lowest BCUT2D eigenvalue weighted by atomic mass is 9.78. The van der Waals surface area contributed by atoms with E-state index in [0.717, 1.165) is 22.8 Å². The number of aromatic nitrogens is 4. The molecule has 0 atom stereocenters. The van der Waals surface area contributed by atoms with Gasteiger partial charge in [0.15, 0.2) is 5.82 Å². The van der Waals surface area contributed by atoms with Gasteiger partial charge in [-0.25, -0.2) is 9.97 Å². The molecule has 0 aliphatic carbocycles. The molecule has 2 aromatic heterocycles. The summed E-state index contributed by atoms with van der Waals surface area (Å²) >= 11 is 0. The molecule has 0 unspecified atom stereocenters. The molecule has 0 aliphatic heterocycles. The van der Waals surface area contributed by atoms with Crippen molar-refractivity contribution in [2.75, 3.05) is 7.11 Å². The Morgan fingerprint density at radius 1 is 0.903 bits per heavy atom. The standard InChI is InChI=1S/C25H26N4O2/c1-25(2,19-5-9-22(30-4)10-6-19)20-7-11-23(12-8-20)31-17-21-13-14-26-24(28-21)18-15-27-29(3)16-18/h5-16H,17H2,1-4H3. The van der Waals surface area contributed by atoms with Crippen molar-refractivity contribution in [3.05, 3.63) is 90.0 Å². The van der Waals surface area contributed by atoms with Crippen LogP contribution in [0.25, 0.3) is 11.4 Å². The quantitative estimate of drug-likeness (QED) is 0.435. The van der Waals surface area contributed by atoms with Crippen molar-refractivity contribution in [2.24, 2.45) is 7.05 Å². The van der Waals surface area contributed by atoms with Gasteiger partial charge in [0, 0.05) is 24.9 Å². The summed E-state index contributed by atoms with van der Waals surface area (Å²) in [4.78, 5) is 8.91. The molecule has 4 aromatic rings. The average molecular weight is 415 g/mol. The summed E-state index contributed by atoms with van der Waals surface area (Å²) in [5, 5.41) is 4.17. The van der Waals surface area contributed by atoms with Gasteiger partial charge in [-0.1, -0.05) is 38.1 Å². The van der Waals surface area contributed by atoms with Crippen molar-refractivity contribution in [3.8, 4) is 22.9 Å². The summed E-state index contributed by atoms with van der Waals surface area (Å²) in [5.74, 6) is 2.31. The molecule has 0 bridgehead atoms. The van der Waals surface area contributed by atoms with Crippen LogP contribution in [0.1, 0.15) is 30.7 Å². The highest BCUT2D eigenvalue weighted by molar-refractivity contribution is 5.51. The second kappa shape index (κ2) is 8.60. The first-order valence-corrected chi connectivity index (χ1v) is 10.1. The molecule has 0 radical (unpaired) electrons. The van der Waals surface area contributed by atoms with Crippen LogP contribution < -0.4 is 9.47 Å². The predicted octanol–water partition coefficient (Wildman–Crippen LogP) is 4.79. The van der Waals surface area contributed by atoms with Gasteiger partial charge in [0.25, 0.3) is 0 Å². The number of methoxy groups -OCH3 is 1. The first-order valence-electron chi connectivity index (χ1n) is 10.1. The molecule has 0 saturated heterocycles. The van der Waals surface area contributed by atoms with E-state index in [1.807, 2.05) is 43.6 Å². The molecule has 6 heteroatoms. The van der Waals surface area contributed by atoms with Gasteiger partial charge in [-0.15, -0.1) is 0 Å². The van der Waals surface area contributed by atoms with Crippen LogP contribution >= 0.6 is 0 Å². The van der Waals surface area contributed by atoms with E-state index in [-0.39, 0.29) is 5.41 Å². The summed E-state index contributed by atoms with van der Waals surface area (Å²) in [6.45, 7) is 4.80. The topological polar surface area (TPSA) is 62.1 Å². The predicted molar refractivity (Wildman–Crippen MR) is 120 cm³/mol. The number of rotatable bonds is 7. The monoisotopic (exact) mass is 414 g/mol. The van der Waals surface area contributed by atoms with Gasteiger partial charge in [0.05, 0.1) is 24.6 Å². The Bertz CT molecular complexity index is 1150. The number of nitrogens with zero attached hydrogens (tertiary/aromatic N) is 4. The lowest BCUT2D eigenvalue weighted by molar-refractivity contribution is 0.301. The summed E-state index contributed by atoms with van der Waals surface area (Å²) in [6, 6.07) is 18.3. The van der Waals surface area contributed by atoms with E-state index in [0.29, 0.717) is 12.4 Å². The lowest BCUT2D eigenvalue weighted by Crippen LogP contribution is -2.18. The summed E-state index contributed by atoms with van der Waals surface area (Å²) < 4.78 is 13.0. The maximum atomic E-state index is 5.96. The molecule has 158 valence electrons. The van der Waals surface area contributed by atoms with Crippen LogP contribution in [0.15, 0.2) is 73.2 Å². The highest BCUT2D eigenvalue weighted by atomic mass is 16.5. The minimum atomic E-state index is -0.129. The van der Waals surface area contributed by atoms with Gasteiger partial charge in [0.1, 0.15) is 18.1 Å². The molecule has 6 nitrogen and oxygen atoms in total. The van der Waals surface area contributed by atoms with Crippen LogP contribution in [0.3, 0.4) is 0 Å². The molecule has 31 heavy (non-hydrogen) atoms. The van der Waals surface area contributed by atoms with Gasteiger partial charge < -0.3 is 9.47 Å². The minimum absolute atomic E-state index is 0.129. The van der Waals surface area contributed by atoms with Crippen molar-refractivity contribution >= 4 is 0 Å². The molecular formula is C25H26N4O2. The molecule has 0 spiro atoms. The van der Waals surface area contributed by atoms with Gasteiger partial charge in [0.2, 0.25) is 0 Å². The van der Waals surface area contributed by atoms with Gasteiger partial charge in [-0.05, 0) is 41.5 Å². The van der Waals surface area contributed by atoms with Crippen molar-refractivity contribution in [1.82, 2.24) is 19.7 Å². The Labute approximate surface area is 182 Å². The van der Waals surface area contributed by atoms with Crippen LogP contribution in [0.2, 0.25) is 0 Å². The Balaban J connectivity index is 1.44. The highest BCUT2D eigenvalue weighted by Crippen LogP contribution is 2.33. The van der Waals surface area contributed by atoms with Gasteiger partial charge in [-0.3, -0.25) is 4.68 Å². The van der Waals surface area contributed by atoms with Crippen LogP contribution in [0.5, 0.6) is 11.5 Å². The Kier molecular flexibility index (Phi) is 5.71. The number of hydrogen-bond acceptors (Lipinski definition) is 5. The van der Waals surface area contributed by atoms with E-state index in [2.05, 4.69) is 53.2 Å². The third-order valence-electron chi connectivity index (χ3n) is 5.45. The fraction of sp³-hybridized carbons (Fsp3) is 0.240. The minimum Gasteiger partial charge on any atom is -0.497 e. The highest BCUT2D eigenvalue weighted by Gasteiger charge is 2.23. The number of aryl methyl sites for hydroxylation is 1. The normalized spacial score (nSPS) is 11.4. The Morgan fingerprint density at radius 3 is 2.13 bits per heavy atom. The average Bonchev–Trinajstić information content (AvgIpc) is 3.24. The Morgan fingerprint density at radius 2 is 1.55 bits per heavy atom. The van der Waals surface area contributed by atoms with Crippen LogP contribution in [-0.4, -0.2) is 26.9 Å². The van der Waals surface area contributed by atoms with Gasteiger partial charge >= 0.3 is 0 Å². The van der Waals surface area contributed by atoms with Gasteiger partial charge in [-0.2, -0.15) is 5.10 Å². The van der Waals surface area contributed by atoms with Crippen molar-refractivity contribution < 1.29 is 9.47 Å². The lowest BCUT2D eigenvalue weighted by Gasteiger charge is -2.26. The third kappa shape index (κ3) is 4.58. The number of ether oxygens (including phenoxy) is 2. The summed E-state index contributed by atoms with van der Waals surface area (Å²) in [5.41, 5.74) is 4.01. The third-order valence-corrected chi connectivity index (χ3v) is 5.45. The van der Waals surface area contributed by atoms with E-state index in [1.54, 1.807) is 24.2 Å². The van der Waals surface area contributed by atoms with E-state index in [9.17, 15) is 0 Å². The molecular weight excluding hydrogens is 388 g/mol. The molecule has 4 rings (SSSR count). The van der Waals surface area contributed by atoms with E-state index in [4.69, 9.17) is 9.47 Å². The molecule has 0 fully saturated rings. The van der Waals surface area contributed by atoms with Crippen LogP contribution in [0, 0.1) is 0 Å². The number of hydrogen-bond donors (Lipinski definition) is 0. The Hall–Kier alpha value is -3.67. The van der Waals surface area contributed by atoms with Crippen molar-refractivity contribution in [2.45, 2.75) is 25.9 Å². The summed E-state index contributed by atoms with van der Waals surface area (Å²) in [6.07, 6.45) is 5.39. The SMILES string of the molecule is COc1ccc(C(C)(C)c2ccc(OCc3ccnc(-c4cnn(C)c4)n3)cc2)cc1. The first kappa shape index (κ1) is 20.6. The molecule has 0 N–H and O–H groups in total.